The Bertz CT molecular complexity index is 210. The van der Waals surface area contributed by atoms with Gasteiger partial charge in [0.1, 0.15) is 0 Å². The van der Waals surface area contributed by atoms with E-state index in [9.17, 15) is 4.79 Å². The number of carboxylic acids is 1. The maximum atomic E-state index is 10.3. The van der Waals surface area contributed by atoms with Crippen LogP contribution in [0.15, 0.2) is 0 Å². The molecule has 0 spiro atoms. The van der Waals surface area contributed by atoms with Gasteiger partial charge >= 0.3 is 5.97 Å². The zero-order valence-electron chi connectivity index (χ0n) is 11.3. The molecule has 4 heteroatoms. The second kappa shape index (κ2) is 12.1. The fourth-order valence-corrected chi connectivity index (χ4v) is 2.47. The van der Waals surface area contributed by atoms with Gasteiger partial charge in [-0.15, -0.1) is 23.2 Å². The molecule has 1 N–H and O–H groups in total. The Labute approximate surface area is 121 Å². The number of hydrogen-bond acceptors (Lipinski definition) is 1. The van der Waals surface area contributed by atoms with Crippen LogP contribution in [0.5, 0.6) is 0 Å². The Morgan fingerprint density at radius 3 is 2.00 bits per heavy atom. The van der Waals surface area contributed by atoms with E-state index in [0.29, 0.717) is 6.42 Å². The maximum absolute atomic E-state index is 10.3. The van der Waals surface area contributed by atoms with Gasteiger partial charge in [0.15, 0.2) is 0 Å². The Morgan fingerprint density at radius 1 is 0.944 bits per heavy atom. The quantitative estimate of drug-likeness (QED) is 0.397. The van der Waals surface area contributed by atoms with Crippen molar-refractivity contribution in [3.8, 4) is 0 Å². The number of unbranched alkanes of at least 4 members (excludes halogenated alkanes) is 5. The molecule has 0 rings (SSSR count). The third-order valence-corrected chi connectivity index (χ3v) is 4.27. The maximum Gasteiger partial charge on any atom is 0.303 e. The van der Waals surface area contributed by atoms with Gasteiger partial charge < -0.3 is 5.11 Å². The van der Waals surface area contributed by atoms with Crippen molar-refractivity contribution in [1.29, 1.82) is 0 Å². The number of rotatable bonds is 12. The average Bonchev–Trinajstić information content (AvgIpc) is 2.34. The molecule has 18 heavy (non-hydrogen) atoms. The lowest BCUT2D eigenvalue weighted by Crippen LogP contribution is -2.14. The fraction of sp³-hybridized carbons (Fsp3) is 0.929. The van der Waals surface area contributed by atoms with Gasteiger partial charge in [-0.3, -0.25) is 4.79 Å². The molecule has 0 aliphatic heterocycles. The summed E-state index contributed by atoms with van der Waals surface area (Å²) in [7, 11) is 0. The van der Waals surface area contributed by atoms with Crippen molar-refractivity contribution in [3.05, 3.63) is 0 Å². The molecule has 2 atom stereocenters. The highest BCUT2D eigenvalue weighted by atomic mass is 35.5. The molecular formula is C14H26Cl2O2. The number of aliphatic carboxylic acids is 1. The van der Waals surface area contributed by atoms with Gasteiger partial charge in [0.2, 0.25) is 0 Å². The normalized spacial score (nSPS) is 14.4. The average molecular weight is 297 g/mol. The van der Waals surface area contributed by atoms with E-state index in [0.717, 1.165) is 57.8 Å². The van der Waals surface area contributed by atoms with E-state index in [1.54, 1.807) is 0 Å². The van der Waals surface area contributed by atoms with Crippen LogP contribution in [0.25, 0.3) is 0 Å². The van der Waals surface area contributed by atoms with Crippen molar-refractivity contribution in [2.45, 2.75) is 81.9 Å². The number of carbonyl (C=O) groups is 1. The molecule has 0 aliphatic rings. The van der Waals surface area contributed by atoms with Crippen molar-refractivity contribution in [2.75, 3.05) is 0 Å². The fourth-order valence-electron chi connectivity index (χ4n) is 1.91. The molecule has 0 aromatic heterocycles. The SMILES string of the molecule is CCCCC(Cl)C(Cl)CCCCCCCC(=O)O. The van der Waals surface area contributed by atoms with Gasteiger partial charge in [-0.05, 0) is 19.3 Å². The second-order valence-electron chi connectivity index (χ2n) is 4.87. The van der Waals surface area contributed by atoms with E-state index < -0.39 is 5.97 Å². The molecule has 0 saturated carbocycles. The van der Waals surface area contributed by atoms with Crippen LogP contribution in [0.2, 0.25) is 0 Å². The summed E-state index contributed by atoms with van der Waals surface area (Å²) in [5.74, 6) is -0.697. The molecular weight excluding hydrogens is 271 g/mol. The molecule has 0 saturated heterocycles. The van der Waals surface area contributed by atoms with Gasteiger partial charge in [-0.25, -0.2) is 0 Å². The molecule has 0 fully saturated rings. The Hall–Kier alpha value is 0.0500. The summed E-state index contributed by atoms with van der Waals surface area (Å²) < 4.78 is 0. The van der Waals surface area contributed by atoms with Crippen LogP contribution >= 0.6 is 23.2 Å². The molecule has 2 unspecified atom stereocenters. The summed E-state index contributed by atoms with van der Waals surface area (Å²) in [6, 6.07) is 0. The number of halogens is 2. The molecule has 0 aromatic carbocycles. The first-order valence-electron chi connectivity index (χ1n) is 7.07. The standard InChI is InChI=1S/C14H26Cl2O2/c1-2-3-9-12(15)13(16)10-7-5-4-6-8-11-14(17)18/h12-13H,2-11H2,1H3,(H,17,18). The largest absolute Gasteiger partial charge is 0.481 e. The first-order chi connectivity index (χ1) is 8.57. The molecule has 0 aromatic rings. The van der Waals surface area contributed by atoms with E-state index in [-0.39, 0.29) is 10.8 Å². The zero-order chi connectivity index (χ0) is 13.8. The zero-order valence-corrected chi connectivity index (χ0v) is 12.8. The minimum Gasteiger partial charge on any atom is -0.481 e. The lowest BCUT2D eigenvalue weighted by atomic mass is 10.0. The van der Waals surface area contributed by atoms with Gasteiger partial charge in [0.05, 0.1) is 0 Å². The third-order valence-electron chi connectivity index (χ3n) is 3.10. The topological polar surface area (TPSA) is 37.3 Å². The van der Waals surface area contributed by atoms with Crippen LogP contribution in [0.3, 0.4) is 0 Å². The van der Waals surface area contributed by atoms with Crippen molar-refractivity contribution in [2.24, 2.45) is 0 Å². The summed E-state index contributed by atoms with van der Waals surface area (Å²) in [5.41, 5.74) is 0. The van der Waals surface area contributed by atoms with Crippen LogP contribution in [0, 0.1) is 0 Å². The van der Waals surface area contributed by atoms with E-state index in [2.05, 4.69) is 6.92 Å². The molecule has 0 amide bonds. The van der Waals surface area contributed by atoms with Gasteiger partial charge in [-0.2, -0.15) is 0 Å². The van der Waals surface area contributed by atoms with Gasteiger partial charge in [-0.1, -0.05) is 45.4 Å². The number of carboxylic acid groups (broad SMARTS) is 1. The Balaban J connectivity index is 3.34. The number of hydrogen-bond donors (Lipinski definition) is 1. The van der Waals surface area contributed by atoms with Crippen LogP contribution in [0.1, 0.15) is 71.1 Å². The summed E-state index contributed by atoms with van der Waals surface area (Å²) in [5, 5.41) is 8.67. The summed E-state index contributed by atoms with van der Waals surface area (Å²) in [4.78, 5) is 10.3. The van der Waals surface area contributed by atoms with Crippen molar-refractivity contribution in [3.63, 3.8) is 0 Å². The third kappa shape index (κ3) is 11.2. The lowest BCUT2D eigenvalue weighted by Gasteiger charge is -2.15. The van der Waals surface area contributed by atoms with Crippen LogP contribution in [-0.2, 0) is 4.79 Å². The Morgan fingerprint density at radius 2 is 1.44 bits per heavy atom. The van der Waals surface area contributed by atoms with E-state index in [1.807, 2.05) is 0 Å². The smallest absolute Gasteiger partial charge is 0.303 e. The predicted molar refractivity (Wildman–Crippen MR) is 78.8 cm³/mol. The minimum atomic E-state index is -0.697. The molecule has 108 valence electrons. The van der Waals surface area contributed by atoms with Crippen LogP contribution < -0.4 is 0 Å². The summed E-state index contributed by atoms with van der Waals surface area (Å²) >= 11 is 12.4. The van der Waals surface area contributed by atoms with E-state index in [1.165, 1.54) is 0 Å². The van der Waals surface area contributed by atoms with Crippen molar-refractivity contribution >= 4 is 29.2 Å². The molecule has 2 nitrogen and oxygen atoms in total. The highest BCUT2D eigenvalue weighted by Gasteiger charge is 2.15. The van der Waals surface area contributed by atoms with E-state index in [4.69, 9.17) is 28.3 Å². The van der Waals surface area contributed by atoms with Crippen LogP contribution in [0.4, 0.5) is 0 Å². The summed E-state index contributed by atoms with van der Waals surface area (Å²) in [6.45, 7) is 2.16. The van der Waals surface area contributed by atoms with Crippen molar-refractivity contribution in [1.82, 2.24) is 0 Å². The second-order valence-corrected chi connectivity index (χ2v) is 6.00. The highest BCUT2D eigenvalue weighted by molar-refractivity contribution is 6.29. The Kier molecular flexibility index (Phi) is 12.1. The number of alkyl halides is 2. The minimum absolute atomic E-state index is 0.0808. The molecule has 0 aliphatic carbocycles. The van der Waals surface area contributed by atoms with Gasteiger partial charge in [0.25, 0.3) is 0 Å². The molecule has 0 heterocycles. The van der Waals surface area contributed by atoms with Crippen LogP contribution in [-0.4, -0.2) is 21.8 Å². The summed E-state index contributed by atoms with van der Waals surface area (Å²) in [6.07, 6.45) is 9.67. The van der Waals surface area contributed by atoms with Crippen molar-refractivity contribution < 1.29 is 9.90 Å². The first kappa shape index (κ1) is 18.0. The first-order valence-corrected chi connectivity index (χ1v) is 7.95. The molecule has 0 radical (unpaired) electrons. The monoisotopic (exact) mass is 296 g/mol. The highest BCUT2D eigenvalue weighted by Crippen LogP contribution is 2.22. The van der Waals surface area contributed by atoms with E-state index >= 15 is 0 Å². The predicted octanol–water partition coefficient (Wildman–Crippen LogP) is 5.21. The van der Waals surface area contributed by atoms with Gasteiger partial charge in [0, 0.05) is 17.2 Å². The lowest BCUT2D eigenvalue weighted by molar-refractivity contribution is -0.137. The molecule has 0 bridgehead atoms.